The van der Waals surface area contributed by atoms with Gasteiger partial charge in [0.15, 0.2) is 0 Å². The number of hydrogen-bond donors (Lipinski definition) is 1. The Morgan fingerprint density at radius 2 is 2.00 bits per heavy atom. The van der Waals surface area contributed by atoms with Crippen LogP contribution in [-0.4, -0.2) is 20.3 Å². The molecule has 5 rings (SSSR count). The van der Waals surface area contributed by atoms with Crippen molar-refractivity contribution < 1.29 is 4.79 Å². The van der Waals surface area contributed by atoms with Gasteiger partial charge in [-0.1, -0.05) is 24.3 Å². The summed E-state index contributed by atoms with van der Waals surface area (Å²) in [5.41, 5.74) is 7.76. The van der Waals surface area contributed by atoms with E-state index in [9.17, 15) is 4.79 Å². The Labute approximate surface area is 165 Å². The van der Waals surface area contributed by atoms with Gasteiger partial charge in [0.05, 0.1) is 27.1 Å². The Morgan fingerprint density at radius 1 is 1.11 bits per heavy atom. The van der Waals surface area contributed by atoms with Crippen molar-refractivity contribution in [3.8, 4) is 11.3 Å². The monoisotopic (exact) mass is 384 g/mol. The first-order valence-electron chi connectivity index (χ1n) is 8.87. The average molecular weight is 384 g/mol. The molecule has 0 fully saturated rings. The SMILES string of the molecule is Cc1cccn2cc(-c3ccccc3NC(=O)c3ccc4ncsc4c3)nc12. The molecule has 1 amide bonds. The maximum Gasteiger partial charge on any atom is 0.255 e. The molecule has 6 heteroatoms. The number of aryl methyl sites for hydroxylation is 1. The summed E-state index contributed by atoms with van der Waals surface area (Å²) >= 11 is 1.53. The molecule has 5 nitrogen and oxygen atoms in total. The van der Waals surface area contributed by atoms with Crippen molar-refractivity contribution in [2.45, 2.75) is 6.92 Å². The first-order chi connectivity index (χ1) is 13.7. The van der Waals surface area contributed by atoms with Gasteiger partial charge in [-0.05, 0) is 42.8 Å². The van der Waals surface area contributed by atoms with Crippen molar-refractivity contribution in [2.24, 2.45) is 0 Å². The maximum absolute atomic E-state index is 12.8. The number of pyridine rings is 1. The molecule has 0 spiro atoms. The van der Waals surface area contributed by atoms with E-state index in [2.05, 4.69) is 10.3 Å². The second-order valence-electron chi connectivity index (χ2n) is 6.58. The molecule has 3 heterocycles. The first kappa shape index (κ1) is 16.6. The molecule has 0 bridgehead atoms. The summed E-state index contributed by atoms with van der Waals surface area (Å²) in [6.07, 6.45) is 3.96. The van der Waals surface area contributed by atoms with Crippen LogP contribution in [-0.2, 0) is 0 Å². The van der Waals surface area contributed by atoms with Crippen LogP contribution in [0.25, 0.3) is 27.1 Å². The van der Waals surface area contributed by atoms with Gasteiger partial charge in [0.2, 0.25) is 0 Å². The molecule has 0 saturated carbocycles. The second kappa shape index (κ2) is 6.58. The number of carbonyl (C=O) groups excluding carboxylic acids is 1. The highest BCUT2D eigenvalue weighted by molar-refractivity contribution is 7.16. The number of para-hydroxylation sites is 1. The number of benzene rings is 2. The van der Waals surface area contributed by atoms with E-state index >= 15 is 0 Å². The van der Waals surface area contributed by atoms with Crippen molar-refractivity contribution in [1.29, 1.82) is 0 Å². The Kier molecular flexibility index (Phi) is 3.91. The van der Waals surface area contributed by atoms with Crippen molar-refractivity contribution in [3.63, 3.8) is 0 Å². The topological polar surface area (TPSA) is 59.3 Å². The second-order valence-corrected chi connectivity index (χ2v) is 7.47. The molecule has 0 radical (unpaired) electrons. The summed E-state index contributed by atoms with van der Waals surface area (Å²) in [6, 6.07) is 17.3. The Hall–Kier alpha value is -3.51. The van der Waals surface area contributed by atoms with Crippen LogP contribution in [0.2, 0.25) is 0 Å². The maximum atomic E-state index is 12.8. The number of imidazole rings is 1. The molecule has 0 saturated heterocycles. The normalized spacial score (nSPS) is 11.2. The van der Waals surface area contributed by atoms with E-state index < -0.39 is 0 Å². The molecule has 1 N–H and O–H groups in total. The number of nitrogens with zero attached hydrogens (tertiary/aromatic N) is 3. The van der Waals surface area contributed by atoms with E-state index in [1.54, 1.807) is 11.6 Å². The lowest BCUT2D eigenvalue weighted by Gasteiger charge is -2.09. The predicted molar refractivity (Wildman–Crippen MR) is 113 cm³/mol. The first-order valence-corrected chi connectivity index (χ1v) is 9.75. The summed E-state index contributed by atoms with van der Waals surface area (Å²) in [4.78, 5) is 21.9. The van der Waals surface area contributed by atoms with E-state index in [1.807, 2.05) is 72.2 Å². The minimum atomic E-state index is -0.150. The van der Waals surface area contributed by atoms with Crippen LogP contribution >= 0.6 is 11.3 Å². The lowest BCUT2D eigenvalue weighted by molar-refractivity contribution is 0.102. The van der Waals surface area contributed by atoms with Crippen molar-refractivity contribution >= 4 is 38.8 Å². The Balaban J connectivity index is 1.52. The van der Waals surface area contributed by atoms with E-state index in [0.29, 0.717) is 5.56 Å². The van der Waals surface area contributed by atoms with Gasteiger partial charge >= 0.3 is 0 Å². The van der Waals surface area contributed by atoms with Gasteiger partial charge in [0.1, 0.15) is 5.65 Å². The number of hydrogen-bond acceptors (Lipinski definition) is 4. The third-order valence-electron chi connectivity index (χ3n) is 4.72. The smallest absolute Gasteiger partial charge is 0.255 e. The van der Waals surface area contributed by atoms with E-state index in [-0.39, 0.29) is 5.91 Å². The summed E-state index contributed by atoms with van der Waals surface area (Å²) in [5, 5.41) is 3.04. The zero-order valence-electron chi connectivity index (χ0n) is 15.1. The van der Waals surface area contributed by atoms with Gasteiger partial charge in [-0.15, -0.1) is 11.3 Å². The summed E-state index contributed by atoms with van der Waals surface area (Å²) in [6.45, 7) is 2.04. The molecule has 0 aliphatic carbocycles. The number of thiazole rings is 1. The fraction of sp³-hybridized carbons (Fsp3) is 0.0455. The largest absolute Gasteiger partial charge is 0.321 e. The molecule has 0 unspecified atom stereocenters. The van der Waals surface area contributed by atoms with Gasteiger partial charge in [0.25, 0.3) is 5.91 Å². The van der Waals surface area contributed by atoms with Crippen molar-refractivity contribution in [2.75, 3.05) is 5.32 Å². The number of amides is 1. The number of carbonyl (C=O) groups is 1. The highest BCUT2D eigenvalue weighted by Crippen LogP contribution is 2.29. The van der Waals surface area contributed by atoms with Crippen LogP contribution in [0, 0.1) is 6.92 Å². The van der Waals surface area contributed by atoms with Crippen LogP contribution in [0.15, 0.2) is 72.5 Å². The molecule has 136 valence electrons. The minimum Gasteiger partial charge on any atom is -0.321 e. The third-order valence-corrected chi connectivity index (χ3v) is 5.51. The number of nitrogens with one attached hydrogen (secondary N) is 1. The van der Waals surface area contributed by atoms with Crippen LogP contribution in [0.4, 0.5) is 5.69 Å². The molecule has 0 aliphatic heterocycles. The molecule has 5 aromatic rings. The zero-order valence-corrected chi connectivity index (χ0v) is 15.9. The molecule has 2 aromatic carbocycles. The summed E-state index contributed by atoms with van der Waals surface area (Å²) in [5.74, 6) is -0.150. The molecule has 0 atom stereocenters. The average Bonchev–Trinajstić information content (AvgIpc) is 3.35. The number of rotatable bonds is 3. The van der Waals surface area contributed by atoms with Crippen molar-refractivity contribution in [1.82, 2.24) is 14.4 Å². The van der Waals surface area contributed by atoms with Crippen LogP contribution in [0.5, 0.6) is 0 Å². The van der Waals surface area contributed by atoms with Gasteiger partial charge in [-0.3, -0.25) is 4.79 Å². The van der Waals surface area contributed by atoms with Crippen LogP contribution in [0.3, 0.4) is 0 Å². The third kappa shape index (κ3) is 2.84. The lowest BCUT2D eigenvalue weighted by Crippen LogP contribution is -2.12. The number of fused-ring (bicyclic) bond motifs is 2. The minimum absolute atomic E-state index is 0.150. The van der Waals surface area contributed by atoms with Gasteiger partial charge in [0, 0.05) is 23.5 Å². The standard InChI is InChI=1S/C22H16N4OS/c1-14-5-4-10-26-12-19(24-21(14)26)16-6-2-3-7-17(16)25-22(27)15-8-9-18-20(11-15)28-13-23-18/h2-13H,1H3,(H,25,27). The van der Waals surface area contributed by atoms with Gasteiger partial charge < -0.3 is 9.72 Å². The van der Waals surface area contributed by atoms with E-state index in [4.69, 9.17) is 4.98 Å². The predicted octanol–water partition coefficient (Wildman–Crippen LogP) is 5.17. The van der Waals surface area contributed by atoms with E-state index in [1.165, 1.54) is 11.3 Å². The highest BCUT2D eigenvalue weighted by atomic mass is 32.1. The highest BCUT2D eigenvalue weighted by Gasteiger charge is 2.14. The van der Waals surface area contributed by atoms with Gasteiger partial charge in [-0.25, -0.2) is 9.97 Å². The van der Waals surface area contributed by atoms with Crippen molar-refractivity contribution in [3.05, 3.63) is 83.6 Å². The molecule has 3 aromatic heterocycles. The fourth-order valence-electron chi connectivity index (χ4n) is 3.29. The molecule has 28 heavy (non-hydrogen) atoms. The Morgan fingerprint density at radius 3 is 2.89 bits per heavy atom. The Bertz CT molecular complexity index is 1330. The zero-order chi connectivity index (χ0) is 19.1. The molecular weight excluding hydrogens is 368 g/mol. The van der Waals surface area contributed by atoms with Crippen LogP contribution < -0.4 is 5.32 Å². The summed E-state index contributed by atoms with van der Waals surface area (Å²) < 4.78 is 3.00. The lowest BCUT2D eigenvalue weighted by atomic mass is 10.1. The van der Waals surface area contributed by atoms with E-state index in [0.717, 1.165) is 38.4 Å². The quantitative estimate of drug-likeness (QED) is 0.467. The number of aromatic nitrogens is 3. The van der Waals surface area contributed by atoms with Gasteiger partial charge in [-0.2, -0.15) is 0 Å². The molecule has 0 aliphatic rings. The van der Waals surface area contributed by atoms with Crippen LogP contribution in [0.1, 0.15) is 15.9 Å². The fourth-order valence-corrected chi connectivity index (χ4v) is 4.01. The summed E-state index contributed by atoms with van der Waals surface area (Å²) in [7, 11) is 0. The molecular formula is C22H16N4OS. The number of anilines is 1.